The van der Waals surface area contributed by atoms with E-state index in [0.29, 0.717) is 29.0 Å². The molecule has 0 fully saturated rings. The largest absolute Gasteiger partial charge is 0.494 e. The van der Waals surface area contributed by atoms with Crippen LogP contribution in [0, 0.1) is 0 Å². The van der Waals surface area contributed by atoms with Crippen LogP contribution in [0.3, 0.4) is 0 Å². The van der Waals surface area contributed by atoms with Gasteiger partial charge >= 0.3 is 0 Å². The van der Waals surface area contributed by atoms with Crippen LogP contribution >= 0.6 is 0 Å². The second kappa shape index (κ2) is 9.39. The van der Waals surface area contributed by atoms with Gasteiger partial charge in [0, 0.05) is 0 Å². The van der Waals surface area contributed by atoms with Gasteiger partial charge in [0.1, 0.15) is 5.75 Å². The quantitative estimate of drug-likeness (QED) is 0.255. The maximum atomic E-state index is 13.6. The van der Waals surface area contributed by atoms with E-state index in [4.69, 9.17) is 8.92 Å². The highest BCUT2D eigenvalue weighted by Crippen LogP contribution is 2.42. The maximum absolute atomic E-state index is 13.6. The molecule has 0 N–H and O–H groups in total. The van der Waals surface area contributed by atoms with E-state index in [-0.39, 0.29) is 4.90 Å². The summed E-state index contributed by atoms with van der Waals surface area (Å²) in [5.41, 5.74) is 0.784. The van der Waals surface area contributed by atoms with Crippen molar-refractivity contribution in [2.24, 2.45) is 0 Å². The zero-order chi connectivity index (χ0) is 22.4. The van der Waals surface area contributed by atoms with Gasteiger partial charge < -0.3 is 4.74 Å². The van der Waals surface area contributed by atoms with Crippen LogP contribution < -0.4 is 4.74 Å². The summed E-state index contributed by atoms with van der Waals surface area (Å²) in [4.78, 5) is 0.0631. The molecule has 0 aliphatic rings. The molecule has 0 radical (unpaired) electrons. The van der Waals surface area contributed by atoms with E-state index in [0.717, 1.165) is 0 Å². The summed E-state index contributed by atoms with van der Waals surface area (Å²) < 4.78 is 38.8. The molecule has 0 saturated heterocycles. The molecule has 0 bridgehead atoms. The van der Waals surface area contributed by atoms with Crippen LogP contribution in [0.4, 0.5) is 0 Å². The number of hydrogen-bond acceptors (Lipinski definition) is 4. The van der Waals surface area contributed by atoms with Crippen molar-refractivity contribution in [3.8, 4) is 5.75 Å². The van der Waals surface area contributed by atoms with Crippen LogP contribution in [0.1, 0.15) is 23.6 Å². The lowest BCUT2D eigenvalue weighted by molar-refractivity contribution is 0.164. The van der Waals surface area contributed by atoms with E-state index in [2.05, 4.69) is 0 Å². The first kappa shape index (κ1) is 21.8. The zero-order valence-corrected chi connectivity index (χ0v) is 18.5. The monoisotopic (exact) mass is 444 g/mol. The second-order valence-corrected chi connectivity index (χ2v) is 8.77. The standard InChI is InChI=1S/C27H24O4S/c1-2-30-25-18-20-26(21-19-25)32(28,29)31-27(22-12-6-3-7-13-22,23-14-8-4-9-15-23)24-16-10-5-11-17-24/h3-21H,2H2,1H3. The average Bonchev–Trinajstić information content (AvgIpc) is 2.85. The van der Waals surface area contributed by atoms with Crippen molar-refractivity contribution in [2.75, 3.05) is 6.61 Å². The first-order valence-electron chi connectivity index (χ1n) is 10.4. The normalized spacial score (nSPS) is 11.8. The summed E-state index contributed by atoms with van der Waals surface area (Å²) in [6, 6.07) is 34.5. The number of hydrogen-bond donors (Lipinski definition) is 0. The van der Waals surface area contributed by atoms with Gasteiger partial charge in [-0.05, 0) is 47.9 Å². The topological polar surface area (TPSA) is 52.6 Å². The van der Waals surface area contributed by atoms with Gasteiger partial charge in [-0.15, -0.1) is 0 Å². The third kappa shape index (κ3) is 4.31. The Balaban J connectivity index is 1.91. The van der Waals surface area contributed by atoms with Crippen molar-refractivity contribution in [3.05, 3.63) is 132 Å². The van der Waals surface area contributed by atoms with Gasteiger partial charge in [-0.25, -0.2) is 4.18 Å². The molecule has 5 heteroatoms. The van der Waals surface area contributed by atoms with Gasteiger partial charge in [0.15, 0.2) is 5.60 Å². The van der Waals surface area contributed by atoms with E-state index in [1.807, 2.05) is 97.9 Å². The van der Waals surface area contributed by atoms with Crippen molar-refractivity contribution >= 4 is 10.1 Å². The van der Waals surface area contributed by atoms with Gasteiger partial charge in [0.2, 0.25) is 0 Å². The maximum Gasteiger partial charge on any atom is 0.298 e. The molecule has 4 aromatic rings. The molecule has 0 aliphatic heterocycles. The number of rotatable bonds is 8. The molecule has 162 valence electrons. The molecular formula is C27H24O4S. The lowest BCUT2D eigenvalue weighted by Gasteiger charge is -2.34. The van der Waals surface area contributed by atoms with Crippen LogP contribution in [0.15, 0.2) is 120 Å². The van der Waals surface area contributed by atoms with Crippen molar-refractivity contribution in [3.63, 3.8) is 0 Å². The van der Waals surface area contributed by atoms with Gasteiger partial charge in [0.05, 0.1) is 11.5 Å². The van der Waals surface area contributed by atoms with E-state index in [9.17, 15) is 8.42 Å². The van der Waals surface area contributed by atoms with Crippen LogP contribution in [0.2, 0.25) is 0 Å². The fourth-order valence-corrected chi connectivity index (χ4v) is 4.93. The molecule has 4 rings (SSSR count). The molecule has 0 amide bonds. The molecule has 0 atom stereocenters. The zero-order valence-electron chi connectivity index (χ0n) is 17.7. The Labute approximate surface area is 189 Å². The molecule has 0 aliphatic carbocycles. The summed E-state index contributed by atoms with van der Waals surface area (Å²) in [7, 11) is -4.15. The Morgan fingerprint density at radius 1 is 0.625 bits per heavy atom. The molecule has 0 unspecified atom stereocenters. The van der Waals surface area contributed by atoms with E-state index >= 15 is 0 Å². The minimum atomic E-state index is -4.15. The van der Waals surface area contributed by atoms with Crippen molar-refractivity contribution in [1.29, 1.82) is 0 Å². The lowest BCUT2D eigenvalue weighted by Crippen LogP contribution is -2.35. The minimum Gasteiger partial charge on any atom is -0.494 e. The van der Waals surface area contributed by atoms with Crippen LogP contribution in [-0.4, -0.2) is 15.0 Å². The number of ether oxygens (including phenoxy) is 1. The molecule has 32 heavy (non-hydrogen) atoms. The Morgan fingerprint density at radius 2 is 1.03 bits per heavy atom. The van der Waals surface area contributed by atoms with Gasteiger partial charge in [-0.3, -0.25) is 0 Å². The Kier molecular flexibility index (Phi) is 6.40. The highest BCUT2D eigenvalue weighted by Gasteiger charge is 2.42. The molecule has 0 aromatic heterocycles. The summed E-state index contributed by atoms with van der Waals surface area (Å²) in [6.45, 7) is 2.38. The van der Waals surface area contributed by atoms with E-state index in [1.165, 1.54) is 12.1 Å². The van der Waals surface area contributed by atoms with Crippen molar-refractivity contribution < 1.29 is 17.3 Å². The molecule has 0 spiro atoms. The predicted octanol–water partition coefficient (Wildman–Crippen LogP) is 5.78. The Morgan fingerprint density at radius 3 is 1.41 bits per heavy atom. The lowest BCUT2D eigenvalue weighted by atomic mass is 9.80. The molecule has 0 heterocycles. The second-order valence-electron chi connectivity index (χ2n) is 7.22. The third-order valence-electron chi connectivity index (χ3n) is 5.20. The Hall–Kier alpha value is -3.41. The fraction of sp³-hybridized carbons (Fsp3) is 0.111. The molecule has 0 saturated carbocycles. The van der Waals surface area contributed by atoms with Crippen molar-refractivity contribution in [2.45, 2.75) is 17.4 Å². The smallest absolute Gasteiger partial charge is 0.298 e. The van der Waals surface area contributed by atoms with E-state index < -0.39 is 15.7 Å². The molecule has 4 nitrogen and oxygen atoms in total. The third-order valence-corrected chi connectivity index (χ3v) is 6.52. The summed E-state index contributed by atoms with van der Waals surface area (Å²) in [5, 5.41) is 0. The highest BCUT2D eigenvalue weighted by molar-refractivity contribution is 7.86. The Bertz CT molecular complexity index is 1140. The van der Waals surface area contributed by atoms with Crippen LogP contribution in [0.25, 0.3) is 0 Å². The average molecular weight is 445 g/mol. The van der Waals surface area contributed by atoms with Crippen LogP contribution in [0.5, 0.6) is 5.75 Å². The van der Waals surface area contributed by atoms with Crippen molar-refractivity contribution in [1.82, 2.24) is 0 Å². The molecular weight excluding hydrogens is 420 g/mol. The van der Waals surface area contributed by atoms with Crippen LogP contribution in [-0.2, 0) is 19.9 Å². The predicted molar refractivity (Wildman–Crippen MR) is 125 cm³/mol. The first-order chi connectivity index (χ1) is 15.6. The SMILES string of the molecule is CCOc1ccc(S(=O)(=O)OC(c2ccccc2)(c2ccccc2)c2ccccc2)cc1. The summed E-state index contributed by atoms with van der Waals surface area (Å²) in [6.07, 6.45) is 0. The molecule has 4 aromatic carbocycles. The summed E-state index contributed by atoms with van der Waals surface area (Å²) in [5.74, 6) is 0.604. The van der Waals surface area contributed by atoms with Gasteiger partial charge in [-0.1, -0.05) is 91.0 Å². The summed E-state index contributed by atoms with van der Waals surface area (Å²) >= 11 is 0. The highest BCUT2D eigenvalue weighted by atomic mass is 32.2. The van der Waals surface area contributed by atoms with E-state index in [1.54, 1.807) is 12.1 Å². The van der Waals surface area contributed by atoms with Gasteiger partial charge in [0.25, 0.3) is 10.1 Å². The number of benzene rings is 4. The fourth-order valence-electron chi connectivity index (χ4n) is 3.74. The minimum absolute atomic E-state index is 0.0631. The first-order valence-corrected chi connectivity index (χ1v) is 11.8. The van der Waals surface area contributed by atoms with Gasteiger partial charge in [-0.2, -0.15) is 8.42 Å².